The van der Waals surface area contributed by atoms with E-state index >= 15 is 0 Å². The van der Waals surface area contributed by atoms with Gasteiger partial charge in [0.25, 0.3) is 0 Å². The van der Waals surface area contributed by atoms with Gasteiger partial charge < -0.3 is 0 Å². The summed E-state index contributed by atoms with van der Waals surface area (Å²) < 4.78 is 0. The Kier molecular flexibility index (Phi) is 2.63. The van der Waals surface area contributed by atoms with Crippen molar-refractivity contribution in [2.24, 2.45) is 0 Å². The fourth-order valence-electron chi connectivity index (χ4n) is 1.44. The molecular formula is C8H13NO2. The van der Waals surface area contributed by atoms with Crippen molar-refractivity contribution in [1.29, 1.82) is 0 Å². The number of nitrogens with zero attached hydrogens (tertiary/aromatic N) is 1. The highest BCUT2D eigenvalue weighted by molar-refractivity contribution is 5.06. The first-order chi connectivity index (χ1) is 5.24. The summed E-state index contributed by atoms with van der Waals surface area (Å²) in [7, 11) is 0. The molecule has 11 heavy (non-hydrogen) atoms. The minimum absolute atomic E-state index is 0.150. The van der Waals surface area contributed by atoms with E-state index in [1.165, 1.54) is 5.57 Å². The van der Waals surface area contributed by atoms with Crippen molar-refractivity contribution in [3.8, 4) is 0 Å². The first kappa shape index (κ1) is 8.24. The van der Waals surface area contributed by atoms with E-state index < -0.39 is 0 Å². The number of rotatable bonds is 2. The van der Waals surface area contributed by atoms with Gasteiger partial charge in [0, 0.05) is 17.8 Å². The van der Waals surface area contributed by atoms with E-state index in [0.29, 0.717) is 6.42 Å². The van der Waals surface area contributed by atoms with E-state index in [9.17, 15) is 10.1 Å². The summed E-state index contributed by atoms with van der Waals surface area (Å²) in [5, 5.41) is 10.4. The molecule has 0 bridgehead atoms. The molecule has 1 aliphatic rings. The third-order valence-electron chi connectivity index (χ3n) is 2.18. The molecular weight excluding hydrogens is 142 g/mol. The van der Waals surface area contributed by atoms with Crippen molar-refractivity contribution in [3.05, 3.63) is 21.8 Å². The summed E-state index contributed by atoms with van der Waals surface area (Å²) in [6, 6.07) is -0.310. The van der Waals surface area contributed by atoms with Crippen molar-refractivity contribution in [2.45, 2.75) is 38.6 Å². The molecule has 0 aromatic carbocycles. The fourth-order valence-corrected chi connectivity index (χ4v) is 1.44. The predicted molar refractivity (Wildman–Crippen MR) is 43.0 cm³/mol. The number of hydrogen-bond acceptors (Lipinski definition) is 2. The maximum Gasteiger partial charge on any atom is 0.217 e. The first-order valence-corrected chi connectivity index (χ1v) is 4.05. The Morgan fingerprint density at radius 1 is 1.82 bits per heavy atom. The zero-order chi connectivity index (χ0) is 8.27. The third kappa shape index (κ3) is 2.03. The zero-order valence-corrected chi connectivity index (χ0v) is 6.75. The molecule has 3 nitrogen and oxygen atoms in total. The highest BCUT2D eigenvalue weighted by atomic mass is 16.6. The molecule has 0 aliphatic heterocycles. The molecule has 0 saturated carbocycles. The van der Waals surface area contributed by atoms with Crippen molar-refractivity contribution >= 4 is 0 Å². The van der Waals surface area contributed by atoms with Crippen LogP contribution in [0.2, 0.25) is 0 Å². The molecule has 0 unspecified atom stereocenters. The van der Waals surface area contributed by atoms with Crippen LogP contribution in [0.1, 0.15) is 32.6 Å². The largest absolute Gasteiger partial charge is 0.264 e. The van der Waals surface area contributed by atoms with Gasteiger partial charge in [-0.2, -0.15) is 0 Å². The van der Waals surface area contributed by atoms with Crippen LogP contribution in [0.5, 0.6) is 0 Å². The van der Waals surface area contributed by atoms with E-state index in [4.69, 9.17) is 0 Å². The summed E-state index contributed by atoms with van der Waals surface area (Å²) >= 11 is 0. The standard InChI is InChI=1S/C8H13NO2/c1-2-7-4-3-5-8(6-7)9(10)11/h4,8H,2-3,5-6H2,1H3/t8-/m0/s1. The smallest absolute Gasteiger partial charge is 0.217 e. The van der Waals surface area contributed by atoms with Crippen molar-refractivity contribution in [3.63, 3.8) is 0 Å². The Bertz CT molecular complexity index is 187. The van der Waals surface area contributed by atoms with E-state index in [-0.39, 0.29) is 11.0 Å². The Hall–Kier alpha value is -0.860. The second kappa shape index (κ2) is 3.51. The minimum Gasteiger partial charge on any atom is -0.264 e. The second-order valence-corrected chi connectivity index (χ2v) is 2.94. The topological polar surface area (TPSA) is 43.1 Å². The molecule has 0 aromatic heterocycles. The first-order valence-electron chi connectivity index (χ1n) is 4.05. The maximum absolute atomic E-state index is 10.4. The van der Waals surface area contributed by atoms with Crippen molar-refractivity contribution < 1.29 is 4.92 Å². The molecule has 1 atom stereocenters. The number of hydrogen-bond donors (Lipinski definition) is 0. The monoisotopic (exact) mass is 155 g/mol. The molecule has 0 N–H and O–H groups in total. The molecule has 0 heterocycles. The van der Waals surface area contributed by atoms with Gasteiger partial charge in [-0.25, -0.2) is 0 Å². The minimum atomic E-state index is -0.310. The number of nitro groups is 1. The van der Waals surface area contributed by atoms with Gasteiger partial charge in [-0.1, -0.05) is 18.6 Å². The van der Waals surface area contributed by atoms with Crippen LogP contribution < -0.4 is 0 Å². The molecule has 0 fully saturated rings. The van der Waals surface area contributed by atoms with Gasteiger partial charge in [-0.15, -0.1) is 0 Å². The summed E-state index contributed by atoms with van der Waals surface area (Å²) in [5.41, 5.74) is 1.25. The lowest BCUT2D eigenvalue weighted by molar-refractivity contribution is -0.523. The van der Waals surface area contributed by atoms with E-state index in [2.05, 4.69) is 6.08 Å². The maximum atomic E-state index is 10.4. The van der Waals surface area contributed by atoms with Crippen molar-refractivity contribution in [2.75, 3.05) is 0 Å². The molecule has 0 radical (unpaired) electrons. The van der Waals surface area contributed by atoms with Crippen molar-refractivity contribution in [1.82, 2.24) is 0 Å². The Morgan fingerprint density at radius 2 is 2.55 bits per heavy atom. The molecule has 0 aromatic rings. The van der Waals surface area contributed by atoms with Crippen LogP contribution >= 0.6 is 0 Å². The van der Waals surface area contributed by atoms with Crippen LogP contribution in [-0.4, -0.2) is 11.0 Å². The van der Waals surface area contributed by atoms with E-state index in [1.807, 2.05) is 6.92 Å². The highest BCUT2D eigenvalue weighted by Crippen LogP contribution is 2.21. The predicted octanol–water partition coefficient (Wildman–Crippen LogP) is 2.15. The summed E-state index contributed by atoms with van der Waals surface area (Å²) in [6.45, 7) is 2.05. The Morgan fingerprint density at radius 3 is 3.09 bits per heavy atom. The Balaban J connectivity index is 2.53. The van der Waals surface area contributed by atoms with Crippen LogP contribution in [0, 0.1) is 10.1 Å². The van der Waals surface area contributed by atoms with Crippen LogP contribution in [0.4, 0.5) is 0 Å². The van der Waals surface area contributed by atoms with Gasteiger partial charge in [-0.3, -0.25) is 10.1 Å². The molecule has 3 heteroatoms. The summed E-state index contributed by atoms with van der Waals surface area (Å²) in [5.74, 6) is 0. The zero-order valence-electron chi connectivity index (χ0n) is 6.75. The number of allylic oxidation sites excluding steroid dienone is 1. The van der Waals surface area contributed by atoms with Gasteiger partial charge >= 0.3 is 0 Å². The van der Waals surface area contributed by atoms with Gasteiger partial charge in [0.05, 0.1) is 0 Å². The van der Waals surface area contributed by atoms with Gasteiger partial charge in [0.15, 0.2) is 0 Å². The molecule has 0 saturated heterocycles. The summed E-state index contributed by atoms with van der Waals surface area (Å²) in [6.07, 6.45) is 5.37. The summed E-state index contributed by atoms with van der Waals surface area (Å²) in [4.78, 5) is 10.2. The third-order valence-corrected chi connectivity index (χ3v) is 2.18. The highest BCUT2D eigenvalue weighted by Gasteiger charge is 2.23. The lowest BCUT2D eigenvalue weighted by Crippen LogP contribution is -2.22. The molecule has 0 amide bonds. The van der Waals surface area contributed by atoms with E-state index in [0.717, 1.165) is 19.3 Å². The normalized spacial score (nSPS) is 24.5. The molecule has 1 rings (SSSR count). The average Bonchev–Trinajstić information content (AvgIpc) is 2.05. The lowest BCUT2D eigenvalue weighted by Gasteiger charge is -2.14. The van der Waals surface area contributed by atoms with Crippen LogP contribution in [0.15, 0.2) is 11.6 Å². The second-order valence-electron chi connectivity index (χ2n) is 2.94. The van der Waals surface area contributed by atoms with Gasteiger partial charge in [-0.05, 0) is 12.8 Å². The Labute approximate surface area is 66.3 Å². The van der Waals surface area contributed by atoms with Crippen LogP contribution in [0.3, 0.4) is 0 Å². The molecule has 0 spiro atoms. The fraction of sp³-hybridized carbons (Fsp3) is 0.750. The van der Waals surface area contributed by atoms with Gasteiger partial charge in [0.2, 0.25) is 6.04 Å². The lowest BCUT2D eigenvalue weighted by atomic mass is 9.94. The van der Waals surface area contributed by atoms with E-state index in [1.54, 1.807) is 0 Å². The van der Waals surface area contributed by atoms with Gasteiger partial charge in [0.1, 0.15) is 0 Å². The average molecular weight is 155 g/mol. The van der Waals surface area contributed by atoms with Crippen LogP contribution in [-0.2, 0) is 0 Å². The SMILES string of the molecule is CCC1=CCC[C@H]([N+](=O)[O-])C1. The van der Waals surface area contributed by atoms with Crippen LogP contribution in [0.25, 0.3) is 0 Å². The molecule has 62 valence electrons. The quantitative estimate of drug-likeness (QED) is 0.348. The molecule has 1 aliphatic carbocycles.